The minimum absolute atomic E-state index is 0.647. The maximum absolute atomic E-state index is 5.57. The highest BCUT2D eigenvalue weighted by Gasteiger charge is 1.99. The smallest absolute Gasteiger partial charge is 0.105 e. The van der Waals surface area contributed by atoms with Gasteiger partial charge in [0.25, 0.3) is 0 Å². The number of hydrogen-bond donors (Lipinski definition) is 1. The van der Waals surface area contributed by atoms with Crippen molar-refractivity contribution in [1.29, 1.82) is 0 Å². The van der Waals surface area contributed by atoms with Crippen LogP contribution in [0.25, 0.3) is 10.6 Å². The molecule has 0 amide bonds. The molecule has 0 aliphatic heterocycles. The Morgan fingerprint density at radius 1 is 1.42 bits per heavy atom. The highest BCUT2D eigenvalue weighted by molar-refractivity contribution is 7.13. The lowest BCUT2D eigenvalue weighted by atomic mass is 10.3. The number of nitrogens with two attached hydrogens (primary N) is 1. The summed E-state index contributed by atoms with van der Waals surface area (Å²) in [6.07, 6.45) is 1.54. The molecule has 0 unspecified atom stereocenters. The predicted molar refractivity (Wildman–Crippen MR) is 49.8 cm³/mol. The second kappa shape index (κ2) is 2.91. The minimum Gasteiger partial charge on any atom is -0.397 e. The Bertz CT molecular complexity index is 370. The van der Waals surface area contributed by atoms with Crippen molar-refractivity contribution in [3.63, 3.8) is 0 Å². The Hall–Kier alpha value is -1.42. The van der Waals surface area contributed by atoms with Crippen LogP contribution in [0.15, 0.2) is 29.8 Å². The summed E-state index contributed by atoms with van der Waals surface area (Å²) in [6, 6.07) is 5.79. The van der Waals surface area contributed by atoms with E-state index in [1.807, 2.05) is 23.6 Å². The normalized spacial score (nSPS) is 10.0. The topological polar surface area (TPSA) is 51.8 Å². The Morgan fingerprint density at radius 2 is 2.33 bits per heavy atom. The van der Waals surface area contributed by atoms with Gasteiger partial charge in [0.15, 0.2) is 0 Å². The minimum atomic E-state index is 0.647. The number of nitrogen functional groups attached to an aromatic ring is 1. The van der Waals surface area contributed by atoms with Gasteiger partial charge in [-0.1, -0.05) is 6.07 Å². The van der Waals surface area contributed by atoms with Crippen LogP contribution in [0.3, 0.4) is 0 Å². The van der Waals surface area contributed by atoms with Gasteiger partial charge in [-0.05, 0) is 17.5 Å². The molecule has 0 saturated heterocycles. The number of aromatic nitrogens is 2. The standard InChI is InChI=1S/C8H7N3S/c9-6-4-7(11-10-5-6)8-2-1-3-12-8/h1-5H,(H2,9,11). The summed E-state index contributed by atoms with van der Waals surface area (Å²) in [7, 11) is 0. The van der Waals surface area contributed by atoms with Crippen molar-refractivity contribution in [2.45, 2.75) is 0 Å². The average Bonchev–Trinajstić information content (AvgIpc) is 2.56. The van der Waals surface area contributed by atoms with Crippen LogP contribution in [-0.2, 0) is 0 Å². The molecule has 0 bridgehead atoms. The van der Waals surface area contributed by atoms with Gasteiger partial charge < -0.3 is 5.73 Å². The van der Waals surface area contributed by atoms with Crippen LogP contribution in [0.2, 0.25) is 0 Å². The van der Waals surface area contributed by atoms with Gasteiger partial charge in [0, 0.05) is 0 Å². The van der Waals surface area contributed by atoms with Gasteiger partial charge in [-0.2, -0.15) is 5.10 Å². The van der Waals surface area contributed by atoms with Crippen molar-refractivity contribution in [2.75, 3.05) is 5.73 Å². The fourth-order valence-corrected chi connectivity index (χ4v) is 1.61. The maximum atomic E-state index is 5.57. The molecule has 2 N–H and O–H groups in total. The molecule has 0 fully saturated rings. The van der Waals surface area contributed by atoms with Gasteiger partial charge >= 0.3 is 0 Å². The molecule has 0 aromatic carbocycles. The highest BCUT2D eigenvalue weighted by atomic mass is 32.1. The fraction of sp³-hybridized carbons (Fsp3) is 0. The quantitative estimate of drug-likeness (QED) is 0.722. The van der Waals surface area contributed by atoms with Crippen molar-refractivity contribution in [3.05, 3.63) is 29.8 Å². The molecule has 2 aromatic heterocycles. The molecule has 0 spiro atoms. The summed E-state index contributed by atoms with van der Waals surface area (Å²) in [6.45, 7) is 0. The largest absolute Gasteiger partial charge is 0.397 e. The summed E-state index contributed by atoms with van der Waals surface area (Å²) >= 11 is 1.63. The molecule has 4 heteroatoms. The lowest BCUT2D eigenvalue weighted by Crippen LogP contribution is -1.90. The average molecular weight is 177 g/mol. The first-order valence-corrected chi connectivity index (χ1v) is 4.36. The Balaban J connectivity index is 2.48. The molecule has 0 aliphatic rings. The Labute approximate surface area is 73.9 Å². The van der Waals surface area contributed by atoms with Crippen LogP contribution in [-0.4, -0.2) is 10.2 Å². The summed E-state index contributed by atoms with van der Waals surface area (Å²) < 4.78 is 0. The molecule has 2 rings (SSSR count). The van der Waals surface area contributed by atoms with Crippen LogP contribution in [0.1, 0.15) is 0 Å². The van der Waals surface area contributed by atoms with E-state index >= 15 is 0 Å². The highest BCUT2D eigenvalue weighted by Crippen LogP contribution is 2.22. The van der Waals surface area contributed by atoms with Crippen molar-refractivity contribution in [1.82, 2.24) is 10.2 Å². The molecule has 0 saturated carbocycles. The van der Waals surface area contributed by atoms with Crippen molar-refractivity contribution in [2.24, 2.45) is 0 Å². The Kier molecular flexibility index (Phi) is 1.75. The molecule has 0 aliphatic carbocycles. The molecular formula is C8H7N3S. The zero-order chi connectivity index (χ0) is 8.39. The zero-order valence-corrected chi connectivity index (χ0v) is 7.08. The summed E-state index contributed by atoms with van der Waals surface area (Å²) in [5, 5.41) is 9.73. The third kappa shape index (κ3) is 1.29. The van der Waals surface area contributed by atoms with Crippen molar-refractivity contribution < 1.29 is 0 Å². The lowest BCUT2D eigenvalue weighted by Gasteiger charge is -1.95. The van der Waals surface area contributed by atoms with E-state index in [9.17, 15) is 0 Å². The van der Waals surface area contributed by atoms with Gasteiger partial charge in [-0.15, -0.1) is 16.4 Å². The fourth-order valence-electron chi connectivity index (χ4n) is 0.926. The van der Waals surface area contributed by atoms with Crippen LogP contribution in [0.5, 0.6) is 0 Å². The molecule has 3 nitrogen and oxygen atoms in total. The van der Waals surface area contributed by atoms with Crippen molar-refractivity contribution in [3.8, 4) is 10.6 Å². The summed E-state index contributed by atoms with van der Waals surface area (Å²) in [5.41, 5.74) is 7.05. The second-order valence-corrected chi connectivity index (χ2v) is 3.30. The van der Waals surface area contributed by atoms with Crippen LogP contribution < -0.4 is 5.73 Å². The first-order chi connectivity index (χ1) is 5.86. The SMILES string of the molecule is Nc1cnnc(-c2cccs2)c1. The molecule has 2 aromatic rings. The number of rotatable bonds is 1. The maximum Gasteiger partial charge on any atom is 0.105 e. The number of nitrogens with zero attached hydrogens (tertiary/aromatic N) is 2. The van der Waals surface area contributed by atoms with Gasteiger partial charge in [-0.3, -0.25) is 0 Å². The monoisotopic (exact) mass is 177 g/mol. The predicted octanol–water partition coefficient (Wildman–Crippen LogP) is 1.79. The van der Waals surface area contributed by atoms with Gasteiger partial charge in [0.05, 0.1) is 16.8 Å². The van der Waals surface area contributed by atoms with Crippen LogP contribution >= 0.6 is 11.3 Å². The molecule has 2 heterocycles. The van der Waals surface area contributed by atoms with E-state index in [0.29, 0.717) is 5.69 Å². The van der Waals surface area contributed by atoms with Crippen LogP contribution in [0, 0.1) is 0 Å². The number of anilines is 1. The van der Waals surface area contributed by atoms with Gasteiger partial charge in [0.2, 0.25) is 0 Å². The van der Waals surface area contributed by atoms with E-state index in [4.69, 9.17) is 5.73 Å². The van der Waals surface area contributed by atoms with Gasteiger partial charge in [0.1, 0.15) is 5.69 Å². The lowest BCUT2D eigenvalue weighted by molar-refractivity contribution is 1.04. The summed E-state index contributed by atoms with van der Waals surface area (Å²) in [5.74, 6) is 0. The van der Waals surface area contributed by atoms with Gasteiger partial charge in [-0.25, -0.2) is 0 Å². The number of thiophene rings is 1. The first-order valence-electron chi connectivity index (χ1n) is 3.48. The van der Waals surface area contributed by atoms with Crippen LogP contribution in [0.4, 0.5) is 5.69 Å². The molecule has 0 atom stereocenters. The van der Waals surface area contributed by atoms with E-state index < -0.39 is 0 Å². The zero-order valence-electron chi connectivity index (χ0n) is 6.27. The van der Waals surface area contributed by atoms with E-state index in [1.165, 1.54) is 6.20 Å². The molecular weight excluding hydrogens is 170 g/mol. The summed E-state index contributed by atoms with van der Waals surface area (Å²) in [4.78, 5) is 1.09. The van der Waals surface area contributed by atoms with Crippen molar-refractivity contribution >= 4 is 17.0 Å². The van der Waals surface area contributed by atoms with E-state index in [2.05, 4.69) is 10.2 Å². The molecule has 60 valence electrons. The molecule has 0 radical (unpaired) electrons. The third-order valence-corrected chi connectivity index (χ3v) is 2.34. The third-order valence-electron chi connectivity index (χ3n) is 1.45. The molecule has 12 heavy (non-hydrogen) atoms. The van der Waals surface area contributed by atoms with E-state index in [1.54, 1.807) is 11.3 Å². The second-order valence-electron chi connectivity index (χ2n) is 2.35. The first kappa shape index (κ1) is 7.24. The van der Waals surface area contributed by atoms with E-state index in [0.717, 1.165) is 10.6 Å². The van der Waals surface area contributed by atoms with E-state index in [-0.39, 0.29) is 0 Å². The Morgan fingerprint density at radius 3 is 3.00 bits per heavy atom. The number of hydrogen-bond acceptors (Lipinski definition) is 4.